The summed E-state index contributed by atoms with van der Waals surface area (Å²) in [5.74, 6) is -0.716. The molecule has 6 heteroatoms. The second-order valence-corrected chi connectivity index (χ2v) is 5.52. The third kappa shape index (κ3) is 1.76. The van der Waals surface area contributed by atoms with Crippen LogP contribution in [-0.2, 0) is 4.79 Å². The van der Waals surface area contributed by atoms with Crippen LogP contribution in [0.4, 0.5) is 5.69 Å². The molecule has 0 radical (unpaired) electrons. The van der Waals surface area contributed by atoms with Gasteiger partial charge in [-0.2, -0.15) is 0 Å². The quantitative estimate of drug-likeness (QED) is 0.559. The van der Waals surface area contributed by atoms with E-state index >= 15 is 0 Å². The monoisotopic (exact) mass is 323 g/mol. The van der Waals surface area contributed by atoms with Crippen LogP contribution < -0.4 is 14.8 Å². The van der Waals surface area contributed by atoms with Gasteiger partial charge in [0.15, 0.2) is 11.5 Å². The normalized spacial score (nSPS) is 13.2. The molecule has 0 aliphatic carbocycles. The van der Waals surface area contributed by atoms with E-state index in [2.05, 4.69) is 5.32 Å². The number of anilines is 1. The van der Waals surface area contributed by atoms with Gasteiger partial charge in [-0.05, 0) is 35.0 Å². The average Bonchev–Trinajstić information content (AvgIpc) is 2.58. The molecular weight excluding hydrogens is 310 g/mol. The molecule has 1 aliphatic heterocycles. The Bertz CT molecular complexity index is 1050. The molecule has 1 aliphatic rings. The fourth-order valence-corrected chi connectivity index (χ4v) is 3.21. The van der Waals surface area contributed by atoms with Crippen LogP contribution in [-0.4, -0.2) is 31.0 Å². The highest BCUT2D eigenvalue weighted by molar-refractivity contribution is 6.52. The summed E-state index contributed by atoms with van der Waals surface area (Å²) >= 11 is 0. The number of ketones is 1. The van der Waals surface area contributed by atoms with Crippen LogP contribution in [0, 0.1) is 0 Å². The molecule has 3 aromatic carbocycles. The Hall–Kier alpha value is -3.28. The third-order valence-electron chi connectivity index (χ3n) is 4.26. The van der Waals surface area contributed by atoms with Gasteiger partial charge in [0.05, 0.1) is 19.9 Å². The van der Waals surface area contributed by atoms with E-state index in [1.165, 1.54) is 13.2 Å². The van der Waals surface area contributed by atoms with Crippen molar-refractivity contribution >= 4 is 38.9 Å². The molecule has 0 saturated heterocycles. The number of amides is 1. The maximum Gasteiger partial charge on any atom is 0.296 e. The van der Waals surface area contributed by atoms with Gasteiger partial charge in [-0.3, -0.25) is 9.59 Å². The largest absolute Gasteiger partial charge is 0.504 e. The summed E-state index contributed by atoms with van der Waals surface area (Å²) in [4.78, 5) is 24.1. The third-order valence-corrected chi connectivity index (χ3v) is 4.26. The molecular formula is C18H13NO5. The number of hydrogen-bond donors (Lipinski definition) is 2. The van der Waals surface area contributed by atoms with Crippen LogP contribution in [0.1, 0.15) is 10.4 Å². The van der Waals surface area contributed by atoms with Gasteiger partial charge in [0.25, 0.3) is 11.7 Å². The molecule has 120 valence electrons. The van der Waals surface area contributed by atoms with Gasteiger partial charge in [0, 0.05) is 16.3 Å². The van der Waals surface area contributed by atoms with Crippen LogP contribution in [0.3, 0.4) is 0 Å². The Morgan fingerprint density at radius 2 is 1.79 bits per heavy atom. The summed E-state index contributed by atoms with van der Waals surface area (Å²) < 4.78 is 10.6. The zero-order valence-electron chi connectivity index (χ0n) is 13.0. The van der Waals surface area contributed by atoms with E-state index in [9.17, 15) is 14.7 Å². The number of ether oxygens (including phenoxy) is 2. The van der Waals surface area contributed by atoms with E-state index in [-0.39, 0.29) is 17.1 Å². The molecule has 0 bridgehead atoms. The first-order valence-corrected chi connectivity index (χ1v) is 7.25. The van der Waals surface area contributed by atoms with Crippen molar-refractivity contribution in [1.82, 2.24) is 0 Å². The van der Waals surface area contributed by atoms with Crippen molar-refractivity contribution in [1.29, 1.82) is 0 Å². The minimum absolute atomic E-state index is 0.159. The van der Waals surface area contributed by atoms with Gasteiger partial charge in [-0.1, -0.05) is 6.07 Å². The molecule has 3 aromatic rings. The highest BCUT2D eigenvalue weighted by Crippen LogP contribution is 2.46. The highest BCUT2D eigenvalue weighted by atomic mass is 16.5. The first-order valence-electron chi connectivity index (χ1n) is 7.25. The van der Waals surface area contributed by atoms with E-state index in [4.69, 9.17) is 9.47 Å². The Kier molecular flexibility index (Phi) is 2.90. The van der Waals surface area contributed by atoms with Gasteiger partial charge in [0.2, 0.25) is 0 Å². The fraction of sp³-hybridized carbons (Fsp3) is 0.111. The Morgan fingerprint density at radius 1 is 1.00 bits per heavy atom. The molecule has 2 N–H and O–H groups in total. The Labute approximate surface area is 136 Å². The predicted molar refractivity (Wildman–Crippen MR) is 89.2 cm³/mol. The summed E-state index contributed by atoms with van der Waals surface area (Å²) in [5, 5.41) is 15.6. The van der Waals surface area contributed by atoms with Crippen molar-refractivity contribution in [2.24, 2.45) is 0 Å². The van der Waals surface area contributed by atoms with Gasteiger partial charge in [0.1, 0.15) is 5.75 Å². The van der Waals surface area contributed by atoms with Crippen molar-refractivity contribution in [2.45, 2.75) is 0 Å². The second kappa shape index (κ2) is 4.86. The number of Topliss-reactive ketones (excluding diaryl/α,β-unsaturated/α-hetero) is 1. The number of fused-ring (bicyclic) bond motifs is 2. The van der Waals surface area contributed by atoms with E-state index < -0.39 is 11.7 Å². The lowest BCUT2D eigenvalue weighted by atomic mass is 9.91. The van der Waals surface area contributed by atoms with Crippen molar-refractivity contribution in [3.05, 3.63) is 35.9 Å². The topological polar surface area (TPSA) is 84.9 Å². The van der Waals surface area contributed by atoms with Gasteiger partial charge >= 0.3 is 0 Å². The number of carbonyl (C=O) groups is 2. The first kappa shape index (κ1) is 14.3. The predicted octanol–water partition coefficient (Wildman–Crippen LogP) is 2.85. The molecule has 0 saturated carbocycles. The van der Waals surface area contributed by atoms with Gasteiger partial charge in [-0.25, -0.2) is 0 Å². The zero-order chi connectivity index (χ0) is 17.0. The van der Waals surface area contributed by atoms with E-state index in [0.29, 0.717) is 22.2 Å². The number of hydrogen-bond acceptors (Lipinski definition) is 5. The van der Waals surface area contributed by atoms with Crippen LogP contribution in [0.25, 0.3) is 21.5 Å². The molecule has 1 heterocycles. The molecule has 0 unspecified atom stereocenters. The lowest BCUT2D eigenvalue weighted by Gasteiger charge is -2.21. The second-order valence-electron chi connectivity index (χ2n) is 5.52. The average molecular weight is 323 g/mol. The molecule has 24 heavy (non-hydrogen) atoms. The first-order chi connectivity index (χ1) is 11.5. The Balaban J connectivity index is 2.29. The number of phenolic OH excluding ortho intramolecular Hbond substituents is 1. The summed E-state index contributed by atoms with van der Waals surface area (Å²) in [5.41, 5.74) is 0.673. The zero-order valence-corrected chi connectivity index (χ0v) is 13.0. The SMILES string of the molecule is COc1ccc2cc3c4c(cc(O)c(OC)c4c2c1)C(=O)C(=O)N3. The fourth-order valence-electron chi connectivity index (χ4n) is 3.21. The minimum Gasteiger partial charge on any atom is -0.504 e. The lowest BCUT2D eigenvalue weighted by molar-refractivity contribution is -0.112. The molecule has 4 rings (SSSR count). The van der Waals surface area contributed by atoms with E-state index in [1.54, 1.807) is 25.3 Å². The van der Waals surface area contributed by atoms with E-state index in [1.807, 2.05) is 6.07 Å². The van der Waals surface area contributed by atoms with Crippen LogP contribution in [0.5, 0.6) is 17.2 Å². The number of methoxy groups -OCH3 is 2. The van der Waals surface area contributed by atoms with Crippen molar-refractivity contribution < 1.29 is 24.2 Å². The lowest BCUT2D eigenvalue weighted by Crippen LogP contribution is -2.27. The summed E-state index contributed by atoms with van der Waals surface area (Å²) in [6.07, 6.45) is 0. The standard InChI is InChI=1S/C18H13NO5/c1-23-9-4-3-8-5-12-14-11(16(21)18(22)19-12)7-13(20)17(24-2)15(14)10(8)6-9/h3-7,20H,1-2H3,(H,19,22). The van der Waals surface area contributed by atoms with Gasteiger partial charge in [-0.15, -0.1) is 0 Å². The molecule has 0 aromatic heterocycles. The Morgan fingerprint density at radius 3 is 2.50 bits per heavy atom. The van der Waals surface area contributed by atoms with Crippen LogP contribution >= 0.6 is 0 Å². The molecule has 0 atom stereocenters. The number of carbonyl (C=O) groups excluding carboxylic acids is 2. The van der Waals surface area contributed by atoms with Crippen molar-refractivity contribution in [3.8, 4) is 17.2 Å². The van der Waals surface area contributed by atoms with E-state index in [0.717, 1.165) is 10.8 Å². The molecule has 6 nitrogen and oxygen atoms in total. The van der Waals surface area contributed by atoms with Gasteiger partial charge < -0.3 is 19.9 Å². The molecule has 1 amide bonds. The summed E-state index contributed by atoms with van der Waals surface area (Å²) in [7, 11) is 3.00. The minimum atomic E-state index is -0.721. The van der Waals surface area contributed by atoms with Crippen molar-refractivity contribution in [2.75, 3.05) is 19.5 Å². The molecule has 0 fully saturated rings. The maximum atomic E-state index is 12.2. The number of phenols is 1. The number of aromatic hydroxyl groups is 1. The highest BCUT2D eigenvalue weighted by Gasteiger charge is 2.30. The maximum absolute atomic E-state index is 12.2. The van der Waals surface area contributed by atoms with Crippen LogP contribution in [0.15, 0.2) is 30.3 Å². The smallest absolute Gasteiger partial charge is 0.296 e. The molecule has 0 spiro atoms. The summed E-state index contributed by atoms with van der Waals surface area (Å²) in [6, 6.07) is 8.52. The number of benzene rings is 3. The van der Waals surface area contributed by atoms with Crippen molar-refractivity contribution in [3.63, 3.8) is 0 Å². The summed E-state index contributed by atoms with van der Waals surface area (Å²) in [6.45, 7) is 0. The van der Waals surface area contributed by atoms with Crippen LogP contribution in [0.2, 0.25) is 0 Å². The number of nitrogens with one attached hydrogen (secondary N) is 1. The number of rotatable bonds is 2.